The van der Waals surface area contributed by atoms with Gasteiger partial charge >= 0.3 is 0 Å². The van der Waals surface area contributed by atoms with E-state index in [0.29, 0.717) is 6.61 Å². The van der Waals surface area contributed by atoms with E-state index in [1.165, 1.54) is 5.56 Å². The zero-order chi connectivity index (χ0) is 12.1. The topological polar surface area (TPSA) is 33.0 Å². The number of hydrogen-bond donors (Lipinski definition) is 0. The normalized spacial score (nSPS) is 17.6. The second-order valence-electron chi connectivity index (χ2n) is 4.89. The quantitative estimate of drug-likeness (QED) is 0.788. The van der Waals surface area contributed by atoms with Crippen molar-refractivity contribution in [3.8, 4) is 11.8 Å². The van der Waals surface area contributed by atoms with E-state index in [4.69, 9.17) is 4.74 Å². The molecule has 1 aromatic carbocycles. The molecule has 0 bridgehead atoms. The average molecular weight is 229 g/mol. The second kappa shape index (κ2) is 5.23. The molecule has 17 heavy (non-hydrogen) atoms. The Bertz CT molecular complexity index is 396. The number of nitrogens with zero attached hydrogens (tertiary/aromatic N) is 1. The van der Waals surface area contributed by atoms with Gasteiger partial charge in [-0.25, -0.2) is 0 Å². The molecule has 0 amide bonds. The molecule has 0 spiro atoms. The lowest BCUT2D eigenvalue weighted by molar-refractivity contribution is 0.201. The van der Waals surface area contributed by atoms with Crippen molar-refractivity contribution in [2.24, 2.45) is 5.41 Å². The number of nitriles is 1. The minimum Gasteiger partial charge on any atom is -0.492 e. The summed E-state index contributed by atoms with van der Waals surface area (Å²) in [5, 5.41) is 9.25. The number of rotatable bonds is 4. The molecule has 1 aromatic rings. The van der Waals surface area contributed by atoms with Crippen LogP contribution in [-0.4, -0.2) is 6.61 Å². The molecular weight excluding hydrogens is 210 g/mol. The van der Waals surface area contributed by atoms with Gasteiger partial charge in [0.1, 0.15) is 12.4 Å². The summed E-state index contributed by atoms with van der Waals surface area (Å²) in [6.07, 6.45) is 5.33. The summed E-state index contributed by atoms with van der Waals surface area (Å²) in [6.45, 7) is 2.67. The van der Waals surface area contributed by atoms with Crippen LogP contribution in [0, 0.1) is 16.7 Å². The van der Waals surface area contributed by atoms with Gasteiger partial charge in [0.05, 0.1) is 11.5 Å². The lowest BCUT2D eigenvalue weighted by Crippen LogP contribution is -2.23. The molecule has 90 valence electrons. The second-order valence-corrected chi connectivity index (χ2v) is 4.89. The van der Waals surface area contributed by atoms with Crippen molar-refractivity contribution < 1.29 is 4.74 Å². The molecule has 1 saturated carbocycles. The fourth-order valence-electron chi connectivity index (χ4n) is 2.38. The maximum absolute atomic E-state index is 9.25. The van der Waals surface area contributed by atoms with Crippen LogP contribution in [-0.2, 0) is 6.42 Å². The Balaban J connectivity index is 1.95. The fourth-order valence-corrected chi connectivity index (χ4v) is 2.38. The van der Waals surface area contributed by atoms with Crippen molar-refractivity contribution in [3.05, 3.63) is 29.8 Å². The summed E-state index contributed by atoms with van der Waals surface area (Å²) in [7, 11) is 0. The lowest BCUT2D eigenvalue weighted by atomic mass is 9.89. The number of benzene rings is 1. The largest absolute Gasteiger partial charge is 0.492 e. The monoisotopic (exact) mass is 229 g/mol. The van der Waals surface area contributed by atoms with Crippen LogP contribution in [0.1, 0.15) is 38.2 Å². The molecule has 1 aliphatic rings. The van der Waals surface area contributed by atoms with Crippen LogP contribution in [0.15, 0.2) is 24.3 Å². The van der Waals surface area contributed by atoms with Gasteiger partial charge < -0.3 is 4.74 Å². The molecule has 2 rings (SSSR count). The summed E-state index contributed by atoms with van der Waals surface area (Å²) < 4.78 is 5.76. The van der Waals surface area contributed by atoms with Crippen LogP contribution in [0.3, 0.4) is 0 Å². The van der Waals surface area contributed by atoms with E-state index >= 15 is 0 Å². The van der Waals surface area contributed by atoms with E-state index in [1.807, 2.05) is 12.1 Å². The van der Waals surface area contributed by atoms with Crippen LogP contribution in [0.4, 0.5) is 0 Å². The molecule has 0 N–H and O–H groups in total. The van der Waals surface area contributed by atoms with Crippen molar-refractivity contribution in [2.45, 2.75) is 39.0 Å². The molecule has 0 unspecified atom stereocenters. The Kier molecular flexibility index (Phi) is 3.68. The van der Waals surface area contributed by atoms with Crippen LogP contribution in [0.2, 0.25) is 0 Å². The van der Waals surface area contributed by atoms with Crippen LogP contribution >= 0.6 is 0 Å². The molecule has 0 radical (unpaired) electrons. The Morgan fingerprint density at radius 2 is 1.88 bits per heavy atom. The van der Waals surface area contributed by atoms with Crippen LogP contribution in [0.5, 0.6) is 5.75 Å². The minimum absolute atomic E-state index is 0.233. The van der Waals surface area contributed by atoms with E-state index in [2.05, 4.69) is 25.1 Å². The molecule has 2 heteroatoms. The van der Waals surface area contributed by atoms with Gasteiger partial charge in [-0.1, -0.05) is 31.9 Å². The highest BCUT2D eigenvalue weighted by molar-refractivity contribution is 5.27. The van der Waals surface area contributed by atoms with Crippen LogP contribution < -0.4 is 4.74 Å². The van der Waals surface area contributed by atoms with Gasteiger partial charge in [-0.15, -0.1) is 0 Å². The first-order chi connectivity index (χ1) is 8.28. The maximum atomic E-state index is 9.25. The van der Waals surface area contributed by atoms with E-state index in [0.717, 1.165) is 37.9 Å². The van der Waals surface area contributed by atoms with Crippen molar-refractivity contribution in [1.82, 2.24) is 0 Å². The predicted octanol–water partition coefficient (Wildman–Crippen LogP) is 3.71. The van der Waals surface area contributed by atoms with Crippen molar-refractivity contribution in [2.75, 3.05) is 6.61 Å². The van der Waals surface area contributed by atoms with E-state index < -0.39 is 0 Å². The van der Waals surface area contributed by atoms with Gasteiger partial charge in [-0.05, 0) is 37.0 Å². The van der Waals surface area contributed by atoms with E-state index in [9.17, 15) is 5.26 Å². The highest BCUT2D eigenvalue weighted by Crippen LogP contribution is 2.37. The first kappa shape index (κ1) is 12.0. The standard InChI is InChI=1S/C15H19NO/c1-2-13-5-7-14(8-6-13)17-12-15(11-16)9-3-4-10-15/h5-8H,2-4,9-10,12H2,1H3. The average Bonchev–Trinajstić information content (AvgIpc) is 2.86. The lowest BCUT2D eigenvalue weighted by Gasteiger charge is -2.20. The van der Waals surface area contributed by atoms with Crippen molar-refractivity contribution >= 4 is 0 Å². The van der Waals surface area contributed by atoms with Gasteiger partial charge in [0.2, 0.25) is 0 Å². The fraction of sp³-hybridized carbons (Fsp3) is 0.533. The molecular formula is C15H19NO. The third-order valence-electron chi connectivity index (χ3n) is 3.64. The van der Waals surface area contributed by atoms with Gasteiger partial charge in [0.25, 0.3) is 0 Å². The van der Waals surface area contributed by atoms with Crippen LogP contribution in [0.25, 0.3) is 0 Å². The Labute approximate surface area is 103 Å². The summed E-state index contributed by atoms with van der Waals surface area (Å²) in [5.74, 6) is 0.878. The number of hydrogen-bond acceptors (Lipinski definition) is 2. The first-order valence-electron chi connectivity index (χ1n) is 6.41. The maximum Gasteiger partial charge on any atom is 0.119 e. The first-order valence-corrected chi connectivity index (χ1v) is 6.41. The molecule has 0 atom stereocenters. The Morgan fingerprint density at radius 3 is 2.41 bits per heavy atom. The molecule has 0 aromatic heterocycles. The third kappa shape index (κ3) is 2.79. The van der Waals surface area contributed by atoms with E-state index in [1.54, 1.807) is 0 Å². The minimum atomic E-state index is -0.233. The highest BCUT2D eigenvalue weighted by Gasteiger charge is 2.34. The van der Waals surface area contributed by atoms with E-state index in [-0.39, 0.29) is 5.41 Å². The van der Waals surface area contributed by atoms with Gasteiger partial charge in [-0.3, -0.25) is 0 Å². The molecule has 1 fully saturated rings. The number of aryl methyl sites for hydroxylation is 1. The molecule has 0 aliphatic heterocycles. The smallest absolute Gasteiger partial charge is 0.119 e. The Hall–Kier alpha value is -1.49. The SMILES string of the molecule is CCc1ccc(OCC2(C#N)CCCC2)cc1. The molecule has 0 heterocycles. The summed E-state index contributed by atoms with van der Waals surface area (Å²) >= 11 is 0. The summed E-state index contributed by atoms with van der Waals surface area (Å²) in [6, 6.07) is 10.6. The van der Waals surface area contributed by atoms with Gasteiger partial charge in [0, 0.05) is 0 Å². The predicted molar refractivity (Wildman–Crippen MR) is 67.8 cm³/mol. The third-order valence-corrected chi connectivity index (χ3v) is 3.64. The molecule has 0 saturated heterocycles. The van der Waals surface area contributed by atoms with Crippen molar-refractivity contribution in [3.63, 3.8) is 0 Å². The molecule has 2 nitrogen and oxygen atoms in total. The zero-order valence-corrected chi connectivity index (χ0v) is 10.4. The summed E-state index contributed by atoms with van der Waals surface area (Å²) in [5.41, 5.74) is 1.08. The Morgan fingerprint density at radius 1 is 1.24 bits per heavy atom. The van der Waals surface area contributed by atoms with Gasteiger partial charge in [-0.2, -0.15) is 5.26 Å². The summed E-state index contributed by atoms with van der Waals surface area (Å²) in [4.78, 5) is 0. The molecule has 1 aliphatic carbocycles. The van der Waals surface area contributed by atoms with Crippen molar-refractivity contribution in [1.29, 1.82) is 5.26 Å². The van der Waals surface area contributed by atoms with Gasteiger partial charge in [0.15, 0.2) is 0 Å². The number of ether oxygens (including phenoxy) is 1. The highest BCUT2D eigenvalue weighted by atomic mass is 16.5. The zero-order valence-electron chi connectivity index (χ0n) is 10.4.